The second-order valence-electron chi connectivity index (χ2n) is 7.09. The Morgan fingerprint density at radius 3 is 2.53 bits per heavy atom. The molecule has 0 radical (unpaired) electrons. The minimum absolute atomic E-state index is 0.0232. The van der Waals surface area contributed by atoms with Crippen LogP contribution in [0.4, 0.5) is 4.79 Å². The maximum Gasteiger partial charge on any atom is 0.293 e. The Balaban J connectivity index is 1.43. The summed E-state index contributed by atoms with van der Waals surface area (Å²) in [5.74, 6) is 1.31. The summed E-state index contributed by atoms with van der Waals surface area (Å²) in [5.41, 5.74) is 0.930. The van der Waals surface area contributed by atoms with Crippen molar-refractivity contribution in [2.45, 2.75) is 0 Å². The van der Waals surface area contributed by atoms with E-state index in [4.69, 9.17) is 23.7 Å². The Hall–Kier alpha value is -3.86. The van der Waals surface area contributed by atoms with E-state index >= 15 is 0 Å². The molecule has 3 amide bonds. The number of hydrogen-bond acceptors (Lipinski definition) is 9. The zero-order valence-electron chi connectivity index (χ0n) is 18.7. The molecule has 0 aliphatic carbocycles. The average molecular weight is 487 g/mol. The zero-order valence-corrected chi connectivity index (χ0v) is 19.5. The molecule has 0 bridgehead atoms. The average Bonchev–Trinajstić information content (AvgIpc) is 3.43. The maximum absolute atomic E-state index is 12.8. The van der Waals surface area contributed by atoms with Crippen LogP contribution in [-0.4, -0.2) is 63.2 Å². The van der Waals surface area contributed by atoms with Crippen LogP contribution < -0.4 is 29.0 Å². The van der Waals surface area contributed by atoms with Crippen LogP contribution in [0.1, 0.15) is 15.9 Å². The van der Waals surface area contributed by atoms with Crippen molar-refractivity contribution in [1.82, 2.24) is 10.2 Å². The summed E-state index contributed by atoms with van der Waals surface area (Å²) in [5, 5.41) is 2.29. The molecule has 1 saturated heterocycles. The largest absolute Gasteiger partial charge is 0.493 e. The smallest absolute Gasteiger partial charge is 0.293 e. The number of para-hydroxylation sites is 1. The molecule has 1 N–H and O–H groups in total. The van der Waals surface area contributed by atoms with E-state index in [1.54, 1.807) is 36.4 Å². The number of nitrogens with zero attached hydrogens (tertiary/aromatic N) is 1. The number of imide groups is 1. The zero-order chi connectivity index (χ0) is 24.2. The Kier molecular flexibility index (Phi) is 6.82. The third-order valence-corrected chi connectivity index (χ3v) is 6.03. The van der Waals surface area contributed by atoms with Crippen LogP contribution in [0.15, 0.2) is 35.2 Å². The number of carbonyl (C=O) groups is 3. The molecule has 0 spiro atoms. The topological polar surface area (TPSA) is 113 Å². The predicted octanol–water partition coefficient (Wildman–Crippen LogP) is 2.91. The summed E-state index contributed by atoms with van der Waals surface area (Å²) < 4.78 is 26.6. The molecule has 2 aromatic carbocycles. The van der Waals surface area contributed by atoms with Gasteiger partial charge in [0.25, 0.3) is 17.1 Å². The third-order valence-electron chi connectivity index (χ3n) is 5.12. The fourth-order valence-electron chi connectivity index (χ4n) is 3.51. The Labute approximate surface area is 199 Å². The molecule has 1 fully saturated rings. The number of fused-ring (bicyclic) bond motifs is 1. The molecule has 4 rings (SSSR count). The summed E-state index contributed by atoms with van der Waals surface area (Å²) >= 11 is 0.821. The van der Waals surface area contributed by atoms with E-state index in [0.29, 0.717) is 39.9 Å². The molecule has 0 saturated carbocycles. The Morgan fingerprint density at radius 2 is 1.85 bits per heavy atom. The van der Waals surface area contributed by atoms with Gasteiger partial charge < -0.3 is 29.0 Å². The molecule has 34 heavy (non-hydrogen) atoms. The second-order valence-corrected chi connectivity index (χ2v) is 8.08. The third kappa shape index (κ3) is 4.46. The molecule has 0 aromatic heterocycles. The highest BCUT2D eigenvalue weighted by Gasteiger charge is 2.35. The number of hydrogen-bond donors (Lipinski definition) is 1. The molecule has 0 unspecified atom stereocenters. The molecule has 10 nitrogen and oxygen atoms in total. The number of rotatable bonds is 8. The molecular formula is C23H22N2O8S. The van der Waals surface area contributed by atoms with Crippen molar-refractivity contribution in [3.8, 4) is 28.7 Å². The molecule has 2 aliphatic rings. The first kappa shape index (κ1) is 23.3. The molecule has 11 heteroatoms. The molecule has 2 heterocycles. The minimum Gasteiger partial charge on any atom is -0.493 e. The van der Waals surface area contributed by atoms with Gasteiger partial charge in [-0.05, 0) is 47.7 Å². The van der Waals surface area contributed by atoms with Crippen LogP contribution >= 0.6 is 11.8 Å². The molecule has 0 atom stereocenters. The van der Waals surface area contributed by atoms with Gasteiger partial charge in [-0.25, -0.2) is 0 Å². The van der Waals surface area contributed by atoms with Gasteiger partial charge in [0.1, 0.15) is 0 Å². The van der Waals surface area contributed by atoms with Crippen molar-refractivity contribution < 1.29 is 38.1 Å². The number of amides is 3. The van der Waals surface area contributed by atoms with E-state index in [9.17, 15) is 14.4 Å². The number of ether oxygens (including phenoxy) is 5. The van der Waals surface area contributed by atoms with Gasteiger partial charge in [-0.15, -0.1) is 0 Å². The Bertz CT molecular complexity index is 1150. The van der Waals surface area contributed by atoms with Gasteiger partial charge in [-0.2, -0.15) is 0 Å². The fraction of sp³-hybridized carbons (Fsp3) is 0.261. The lowest BCUT2D eigenvalue weighted by molar-refractivity contribution is -0.122. The normalized spacial score (nSPS) is 15.6. The lowest BCUT2D eigenvalue weighted by atomic mass is 10.1. The van der Waals surface area contributed by atoms with Gasteiger partial charge in [0, 0.05) is 13.1 Å². The number of thioether (sulfide) groups is 1. The monoisotopic (exact) mass is 486 g/mol. The van der Waals surface area contributed by atoms with Crippen LogP contribution in [0.3, 0.4) is 0 Å². The standard InChI is InChI=1S/C23H22N2O8S/c1-29-16-9-13(10-17(30-2)20(16)31-3)11-18-22(27)25(23(28)34-18)8-7-24-21(26)14-5-4-6-15-19(14)33-12-32-15/h4-6,9-11H,7-8,12H2,1-3H3,(H,24,26)/b18-11-. The van der Waals surface area contributed by atoms with E-state index in [1.807, 2.05) is 0 Å². The van der Waals surface area contributed by atoms with E-state index in [0.717, 1.165) is 16.7 Å². The predicted molar refractivity (Wildman–Crippen MR) is 124 cm³/mol. The molecule has 178 valence electrons. The van der Waals surface area contributed by atoms with E-state index in [1.165, 1.54) is 21.3 Å². The SMILES string of the molecule is COc1cc(/C=C2\SC(=O)N(CCNC(=O)c3cccc4c3OCO4)C2=O)cc(OC)c1OC. The Morgan fingerprint density at radius 1 is 1.12 bits per heavy atom. The van der Waals surface area contributed by atoms with E-state index in [-0.39, 0.29) is 30.7 Å². The first-order valence-corrected chi connectivity index (χ1v) is 11.0. The van der Waals surface area contributed by atoms with Crippen molar-refractivity contribution in [3.05, 3.63) is 46.4 Å². The molecular weight excluding hydrogens is 464 g/mol. The summed E-state index contributed by atoms with van der Waals surface area (Å²) in [6, 6.07) is 8.37. The number of nitrogens with one attached hydrogen (secondary N) is 1. The second kappa shape index (κ2) is 9.96. The highest BCUT2D eigenvalue weighted by molar-refractivity contribution is 8.18. The summed E-state index contributed by atoms with van der Waals surface area (Å²) in [7, 11) is 4.48. The lowest BCUT2D eigenvalue weighted by Crippen LogP contribution is -2.37. The maximum atomic E-state index is 12.8. The quantitative estimate of drug-likeness (QED) is 0.563. The first-order chi connectivity index (χ1) is 16.5. The van der Waals surface area contributed by atoms with Crippen molar-refractivity contribution >= 4 is 34.9 Å². The van der Waals surface area contributed by atoms with Crippen LogP contribution in [0.2, 0.25) is 0 Å². The number of methoxy groups -OCH3 is 3. The number of carbonyl (C=O) groups excluding carboxylic acids is 3. The van der Waals surface area contributed by atoms with Crippen LogP contribution in [0, 0.1) is 0 Å². The van der Waals surface area contributed by atoms with Gasteiger partial charge >= 0.3 is 0 Å². The fourth-order valence-corrected chi connectivity index (χ4v) is 4.38. The lowest BCUT2D eigenvalue weighted by Gasteiger charge is -2.14. The van der Waals surface area contributed by atoms with Crippen molar-refractivity contribution in [3.63, 3.8) is 0 Å². The summed E-state index contributed by atoms with van der Waals surface area (Å²) in [6.07, 6.45) is 1.58. The highest BCUT2D eigenvalue weighted by atomic mass is 32.2. The van der Waals surface area contributed by atoms with Crippen molar-refractivity contribution in [1.29, 1.82) is 0 Å². The van der Waals surface area contributed by atoms with Gasteiger partial charge in [0.05, 0.1) is 31.8 Å². The first-order valence-electron chi connectivity index (χ1n) is 10.2. The van der Waals surface area contributed by atoms with Crippen LogP contribution in [-0.2, 0) is 4.79 Å². The van der Waals surface area contributed by atoms with Crippen LogP contribution in [0.5, 0.6) is 28.7 Å². The van der Waals surface area contributed by atoms with Gasteiger partial charge in [-0.1, -0.05) is 6.07 Å². The molecule has 2 aromatic rings. The van der Waals surface area contributed by atoms with Crippen molar-refractivity contribution in [2.75, 3.05) is 41.2 Å². The highest BCUT2D eigenvalue weighted by Crippen LogP contribution is 2.40. The number of benzene rings is 2. The van der Waals surface area contributed by atoms with Gasteiger partial charge in [-0.3, -0.25) is 19.3 Å². The molecule has 2 aliphatic heterocycles. The minimum atomic E-state index is -0.449. The summed E-state index contributed by atoms with van der Waals surface area (Å²) in [4.78, 5) is 39.1. The van der Waals surface area contributed by atoms with Crippen LogP contribution in [0.25, 0.3) is 6.08 Å². The van der Waals surface area contributed by atoms with E-state index in [2.05, 4.69) is 5.32 Å². The van der Waals surface area contributed by atoms with Gasteiger partial charge in [0.15, 0.2) is 23.0 Å². The van der Waals surface area contributed by atoms with E-state index < -0.39 is 11.1 Å². The van der Waals surface area contributed by atoms with Crippen molar-refractivity contribution in [2.24, 2.45) is 0 Å². The van der Waals surface area contributed by atoms with Gasteiger partial charge in [0.2, 0.25) is 12.5 Å². The summed E-state index contributed by atoms with van der Waals surface area (Å²) in [6.45, 7) is 0.156.